The van der Waals surface area contributed by atoms with Crippen LogP contribution in [0.15, 0.2) is 54.6 Å². The molecule has 0 radical (unpaired) electrons. The van der Waals surface area contributed by atoms with Crippen molar-refractivity contribution in [3.63, 3.8) is 0 Å². The molecule has 4 nitrogen and oxygen atoms in total. The Hall–Kier alpha value is -2.41. The van der Waals surface area contributed by atoms with Gasteiger partial charge in [0.25, 0.3) is 0 Å². The zero-order chi connectivity index (χ0) is 21.5. The summed E-state index contributed by atoms with van der Waals surface area (Å²) in [5.41, 5.74) is 3.50. The molecule has 0 spiro atoms. The monoisotopic (exact) mass is 458 g/mol. The molecule has 3 rings (SSSR count). The number of anilines is 1. The summed E-state index contributed by atoms with van der Waals surface area (Å²) in [6, 6.07) is 17.6. The number of esters is 1. The predicted octanol–water partition coefficient (Wildman–Crippen LogP) is 6.08. The van der Waals surface area contributed by atoms with Gasteiger partial charge in [-0.1, -0.05) is 54.1 Å². The molecule has 2 aromatic carbocycles. The van der Waals surface area contributed by atoms with Gasteiger partial charge in [0.1, 0.15) is 10.6 Å². The van der Waals surface area contributed by atoms with E-state index in [0.29, 0.717) is 28.8 Å². The van der Waals surface area contributed by atoms with Gasteiger partial charge in [-0.2, -0.15) is 0 Å². The number of aryl methyl sites for hydroxylation is 1. The summed E-state index contributed by atoms with van der Waals surface area (Å²) in [6.07, 6.45) is 0.784. The highest BCUT2D eigenvalue weighted by Crippen LogP contribution is 2.40. The normalized spacial score (nSPS) is 10.5. The second-order valence-corrected chi connectivity index (χ2v) is 8.65. The Balaban J connectivity index is 1.76. The van der Waals surface area contributed by atoms with Crippen molar-refractivity contribution in [3.05, 3.63) is 75.6 Å². The number of carbonyl (C=O) groups is 1. The van der Waals surface area contributed by atoms with Crippen LogP contribution >= 0.6 is 35.2 Å². The second kappa shape index (κ2) is 10.6. The van der Waals surface area contributed by atoms with Gasteiger partial charge in [0.2, 0.25) is 0 Å². The molecule has 156 valence electrons. The quantitative estimate of drug-likeness (QED) is 0.331. The van der Waals surface area contributed by atoms with Crippen molar-refractivity contribution in [1.82, 2.24) is 5.32 Å². The molecule has 0 aliphatic rings. The van der Waals surface area contributed by atoms with Gasteiger partial charge in [0.05, 0.1) is 6.61 Å². The van der Waals surface area contributed by atoms with E-state index < -0.39 is 0 Å². The minimum absolute atomic E-state index is 0.309. The van der Waals surface area contributed by atoms with Crippen molar-refractivity contribution in [2.75, 3.05) is 18.5 Å². The molecule has 0 amide bonds. The molecule has 30 heavy (non-hydrogen) atoms. The van der Waals surface area contributed by atoms with Gasteiger partial charge >= 0.3 is 5.97 Å². The maximum atomic E-state index is 12.8. The summed E-state index contributed by atoms with van der Waals surface area (Å²) in [5.74, 6) is -0.357. The van der Waals surface area contributed by atoms with Crippen molar-refractivity contribution in [2.45, 2.75) is 20.3 Å². The van der Waals surface area contributed by atoms with Gasteiger partial charge in [-0.25, -0.2) is 4.79 Å². The Bertz CT molecular complexity index is 1030. The van der Waals surface area contributed by atoms with Crippen molar-refractivity contribution in [1.29, 1.82) is 0 Å². The maximum absolute atomic E-state index is 12.8. The molecular weight excluding hydrogens is 436 g/mol. The fraction of sp³-hybridized carbons (Fsp3) is 0.217. The van der Waals surface area contributed by atoms with Gasteiger partial charge in [-0.3, -0.25) is 0 Å². The van der Waals surface area contributed by atoms with Crippen LogP contribution in [0, 0.1) is 6.92 Å². The van der Waals surface area contributed by atoms with E-state index in [4.69, 9.17) is 28.6 Å². The highest BCUT2D eigenvalue weighted by molar-refractivity contribution is 7.80. The zero-order valence-electron chi connectivity index (χ0n) is 16.8. The van der Waals surface area contributed by atoms with Crippen LogP contribution in [0.5, 0.6) is 0 Å². The zero-order valence-corrected chi connectivity index (χ0v) is 19.2. The van der Waals surface area contributed by atoms with Crippen molar-refractivity contribution in [3.8, 4) is 11.1 Å². The number of benzene rings is 2. The number of hydrogen-bond acceptors (Lipinski definition) is 4. The van der Waals surface area contributed by atoms with E-state index in [-0.39, 0.29) is 5.97 Å². The summed E-state index contributed by atoms with van der Waals surface area (Å²) < 4.78 is 5.33. The molecule has 0 saturated carbocycles. The predicted molar refractivity (Wildman–Crippen MR) is 130 cm³/mol. The Labute approximate surface area is 191 Å². The molecule has 0 unspecified atom stereocenters. The summed E-state index contributed by atoms with van der Waals surface area (Å²) in [7, 11) is 0. The Morgan fingerprint density at radius 2 is 1.93 bits per heavy atom. The van der Waals surface area contributed by atoms with E-state index in [1.807, 2.05) is 61.5 Å². The number of hydrogen-bond donors (Lipinski definition) is 2. The molecule has 2 N–H and O–H groups in total. The van der Waals surface area contributed by atoms with E-state index in [2.05, 4.69) is 10.6 Å². The molecule has 0 aliphatic carbocycles. The van der Waals surface area contributed by atoms with Crippen LogP contribution in [0.1, 0.15) is 27.7 Å². The second-order valence-electron chi connectivity index (χ2n) is 6.58. The first kappa shape index (κ1) is 22.3. The van der Waals surface area contributed by atoms with Gasteiger partial charge < -0.3 is 15.4 Å². The molecule has 1 aromatic heterocycles. The van der Waals surface area contributed by atoms with Crippen molar-refractivity contribution < 1.29 is 9.53 Å². The molecule has 7 heteroatoms. The minimum Gasteiger partial charge on any atom is -0.462 e. The lowest BCUT2D eigenvalue weighted by Crippen LogP contribution is -2.30. The molecule has 0 fully saturated rings. The standard InChI is InChI=1S/C23H23ClN2O2S2/c1-3-28-22(27)20-19(17-9-5-4-6-10-17)15(2)30-21(20)26-23(29)25-13-12-16-8-7-11-18(24)14-16/h4-11,14H,3,12-13H2,1-2H3,(H2,25,26,29). The number of ether oxygens (including phenoxy) is 1. The molecule has 1 heterocycles. The third-order valence-corrected chi connectivity index (χ3v) is 5.94. The first-order valence-corrected chi connectivity index (χ1v) is 11.2. The van der Waals surface area contributed by atoms with Crippen LogP contribution in [0.2, 0.25) is 5.02 Å². The van der Waals surface area contributed by atoms with Gasteiger partial charge in [0.15, 0.2) is 5.11 Å². The van der Waals surface area contributed by atoms with Gasteiger partial charge in [-0.15, -0.1) is 11.3 Å². The van der Waals surface area contributed by atoms with Crippen molar-refractivity contribution >= 4 is 51.2 Å². The topological polar surface area (TPSA) is 50.4 Å². The number of thiophene rings is 1. The molecule has 0 aliphatic heterocycles. The van der Waals surface area contributed by atoms with E-state index in [1.54, 1.807) is 6.92 Å². The van der Waals surface area contributed by atoms with Crippen LogP contribution in [0.25, 0.3) is 11.1 Å². The Morgan fingerprint density at radius 1 is 1.17 bits per heavy atom. The van der Waals surface area contributed by atoms with E-state index in [1.165, 1.54) is 11.3 Å². The fourth-order valence-corrected chi connectivity index (χ4v) is 4.69. The molecule has 0 atom stereocenters. The Kier molecular flexibility index (Phi) is 7.85. The van der Waals surface area contributed by atoms with E-state index in [9.17, 15) is 4.79 Å². The average Bonchev–Trinajstić information content (AvgIpc) is 3.04. The number of halogens is 1. The number of rotatable bonds is 7. The molecular formula is C23H23ClN2O2S2. The lowest BCUT2D eigenvalue weighted by atomic mass is 10.0. The SMILES string of the molecule is CCOC(=O)c1c(NC(=S)NCCc2cccc(Cl)c2)sc(C)c1-c1ccccc1. The summed E-state index contributed by atoms with van der Waals surface area (Å²) in [4.78, 5) is 13.8. The minimum atomic E-state index is -0.357. The summed E-state index contributed by atoms with van der Waals surface area (Å²) in [5, 5.41) is 8.25. The average molecular weight is 459 g/mol. The first-order chi connectivity index (χ1) is 14.5. The number of carbonyl (C=O) groups excluding carboxylic acids is 1. The smallest absolute Gasteiger partial charge is 0.341 e. The van der Waals surface area contributed by atoms with Crippen LogP contribution < -0.4 is 10.6 Å². The number of thiocarbonyl (C=S) groups is 1. The molecule has 0 saturated heterocycles. The largest absolute Gasteiger partial charge is 0.462 e. The van der Waals surface area contributed by atoms with Crippen molar-refractivity contribution in [2.24, 2.45) is 0 Å². The summed E-state index contributed by atoms with van der Waals surface area (Å²) in [6.45, 7) is 4.76. The van der Waals surface area contributed by atoms with E-state index >= 15 is 0 Å². The van der Waals surface area contributed by atoms with E-state index in [0.717, 1.165) is 33.0 Å². The van der Waals surface area contributed by atoms with Crippen LogP contribution in [-0.4, -0.2) is 24.2 Å². The molecule has 0 bridgehead atoms. The van der Waals surface area contributed by atoms with Crippen LogP contribution in [0.3, 0.4) is 0 Å². The lowest BCUT2D eigenvalue weighted by molar-refractivity contribution is 0.0529. The first-order valence-electron chi connectivity index (χ1n) is 9.64. The maximum Gasteiger partial charge on any atom is 0.341 e. The fourth-order valence-electron chi connectivity index (χ4n) is 3.14. The third kappa shape index (κ3) is 5.59. The molecule has 3 aromatic rings. The van der Waals surface area contributed by atoms with Crippen LogP contribution in [0.4, 0.5) is 5.00 Å². The third-order valence-electron chi connectivity index (χ3n) is 4.44. The van der Waals surface area contributed by atoms with Gasteiger partial charge in [-0.05, 0) is 55.7 Å². The summed E-state index contributed by atoms with van der Waals surface area (Å²) >= 11 is 13.0. The number of nitrogens with one attached hydrogen (secondary N) is 2. The van der Waals surface area contributed by atoms with Gasteiger partial charge in [0, 0.05) is 22.0 Å². The lowest BCUT2D eigenvalue weighted by Gasteiger charge is -2.12. The van der Waals surface area contributed by atoms with Crippen LogP contribution in [-0.2, 0) is 11.2 Å². The highest BCUT2D eigenvalue weighted by Gasteiger charge is 2.24. The highest BCUT2D eigenvalue weighted by atomic mass is 35.5. The Morgan fingerprint density at radius 3 is 2.63 bits per heavy atom.